The smallest absolute Gasteiger partial charge is 0.196 e. The van der Waals surface area contributed by atoms with Crippen molar-refractivity contribution in [1.29, 1.82) is 0 Å². The number of nitrogens with zero attached hydrogens (tertiary/aromatic N) is 5. The topological polar surface area (TPSA) is 73.6 Å². The first kappa shape index (κ1) is 19.6. The number of ketones is 1. The Hall–Kier alpha value is -2.74. The molecule has 4 rings (SSSR count). The molecule has 0 bridgehead atoms. The molecular weight excluding hydrogens is 429 g/mol. The third-order valence-electron chi connectivity index (χ3n) is 4.01. The van der Waals surface area contributed by atoms with Crippen LogP contribution >= 0.6 is 35.0 Å². The number of benzene rings is 2. The zero-order valence-corrected chi connectivity index (χ0v) is 17.2. The monoisotopic (exact) mass is 441 g/mol. The molecule has 0 fully saturated rings. The van der Waals surface area contributed by atoms with Gasteiger partial charge in [-0.3, -0.25) is 14.3 Å². The number of Topliss-reactive ketones (excluding diaryl/α,β-unsaturated/α-hetero) is 1. The fourth-order valence-electron chi connectivity index (χ4n) is 2.64. The second kappa shape index (κ2) is 8.73. The third-order valence-corrected chi connectivity index (χ3v) is 5.68. The number of halogens is 2. The van der Waals surface area contributed by atoms with Crippen molar-refractivity contribution in [3.63, 3.8) is 0 Å². The van der Waals surface area contributed by atoms with Gasteiger partial charge in [-0.1, -0.05) is 53.2 Å². The van der Waals surface area contributed by atoms with Gasteiger partial charge in [0.1, 0.15) is 5.69 Å². The molecule has 6 nitrogen and oxygen atoms in total. The van der Waals surface area contributed by atoms with E-state index in [2.05, 4.69) is 20.2 Å². The Balaban J connectivity index is 1.64. The normalized spacial score (nSPS) is 10.8. The maximum atomic E-state index is 12.6. The van der Waals surface area contributed by atoms with Crippen molar-refractivity contribution in [2.24, 2.45) is 0 Å². The van der Waals surface area contributed by atoms with E-state index in [1.807, 2.05) is 34.9 Å². The lowest BCUT2D eigenvalue weighted by Gasteiger charge is -2.09. The van der Waals surface area contributed by atoms with E-state index in [1.54, 1.807) is 36.8 Å². The van der Waals surface area contributed by atoms with Crippen LogP contribution in [0.1, 0.15) is 10.4 Å². The highest BCUT2D eigenvalue weighted by atomic mass is 35.5. The lowest BCUT2D eigenvalue weighted by atomic mass is 10.1. The molecule has 0 radical (unpaired) electrons. The molecule has 0 aliphatic heterocycles. The number of hydrogen-bond donors (Lipinski definition) is 0. The van der Waals surface area contributed by atoms with Gasteiger partial charge in [0.15, 0.2) is 16.8 Å². The second-order valence-corrected chi connectivity index (χ2v) is 7.67. The average molecular weight is 442 g/mol. The molecule has 0 saturated carbocycles. The lowest BCUT2D eigenvalue weighted by molar-refractivity contribution is 0.102. The van der Waals surface area contributed by atoms with Gasteiger partial charge in [-0.25, -0.2) is 4.98 Å². The Morgan fingerprint density at radius 3 is 2.55 bits per heavy atom. The van der Waals surface area contributed by atoms with Gasteiger partial charge >= 0.3 is 0 Å². The SMILES string of the molecule is O=C(CSc1nnc(-c2cnccn2)n1-c1ccccc1)c1ccc(Cl)c(Cl)c1. The van der Waals surface area contributed by atoms with Crippen molar-refractivity contribution in [2.45, 2.75) is 5.16 Å². The molecule has 0 spiro atoms. The Bertz CT molecular complexity index is 1150. The van der Waals surface area contributed by atoms with Crippen molar-refractivity contribution in [3.05, 3.63) is 82.7 Å². The first-order chi connectivity index (χ1) is 14.1. The highest BCUT2D eigenvalue weighted by Crippen LogP contribution is 2.28. The maximum Gasteiger partial charge on any atom is 0.196 e. The van der Waals surface area contributed by atoms with Crippen LogP contribution in [0, 0.1) is 0 Å². The minimum Gasteiger partial charge on any atom is -0.293 e. The highest BCUT2D eigenvalue weighted by Gasteiger charge is 2.18. The second-order valence-electron chi connectivity index (χ2n) is 5.91. The number of aromatic nitrogens is 5. The number of thioether (sulfide) groups is 1. The van der Waals surface area contributed by atoms with E-state index in [4.69, 9.17) is 23.2 Å². The molecule has 2 aromatic heterocycles. The summed E-state index contributed by atoms with van der Waals surface area (Å²) in [7, 11) is 0. The van der Waals surface area contributed by atoms with Gasteiger partial charge < -0.3 is 0 Å². The third kappa shape index (κ3) is 4.32. The van der Waals surface area contributed by atoms with Crippen molar-refractivity contribution < 1.29 is 4.79 Å². The van der Waals surface area contributed by atoms with Gasteiger partial charge in [-0.2, -0.15) is 0 Å². The number of carbonyl (C=O) groups excluding carboxylic acids is 1. The number of para-hydroxylation sites is 1. The molecule has 0 saturated heterocycles. The fraction of sp³-hybridized carbons (Fsp3) is 0.0500. The first-order valence-electron chi connectivity index (χ1n) is 8.52. The molecule has 0 unspecified atom stereocenters. The molecule has 4 aromatic rings. The molecule has 9 heteroatoms. The van der Waals surface area contributed by atoms with E-state index < -0.39 is 0 Å². The number of rotatable bonds is 6. The summed E-state index contributed by atoms with van der Waals surface area (Å²) >= 11 is 13.2. The summed E-state index contributed by atoms with van der Waals surface area (Å²) in [5.74, 6) is 0.634. The molecule has 2 aromatic carbocycles. The molecule has 29 heavy (non-hydrogen) atoms. The summed E-state index contributed by atoms with van der Waals surface area (Å²) in [6, 6.07) is 14.5. The van der Waals surface area contributed by atoms with Gasteiger partial charge in [0.2, 0.25) is 0 Å². The predicted octanol–water partition coefficient (Wildman–Crippen LogP) is 5.01. The molecular formula is C20H13Cl2N5OS. The Kier molecular flexibility index (Phi) is 5.89. The van der Waals surface area contributed by atoms with E-state index in [1.165, 1.54) is 11.8 Å². The Morgan fingerprint density at radius 1 is 1.00 bits per heavy atom. The van der Waals surface area contributed by atoms with Crippen LogP contribution in [0.25, 0.3) is 17.2 Å². The van der Waals surface area contributed by atoms with E-state index in [9.17, 15) is 4.79 Å². The largest absolute Gasteiger partial charge is 0.293 e. The van der Waals surface area contributed by atoms with Gasteiger partial charge in [-0.05, 0) is 30.3 Å². The van der Waals surface area contributed by atoms with Crippen LogP contribution in [0.4, 0.5) is 0 Å². The summed E-state index contributed by atoms with van der Waals surface area (Å²) in [6.07, 6.45) is 4.82. The lowest BCUT2D eigenvalue weighted by Crippen LogP contribution is -2.05. The minimum atomic E-state index is -0.0859. The van der Waals surface area contributed by atoms with E-state index in [-0.39, 0.29) is 11.5 Å². The van der Waals surface area contributed by atoms with Crippen LogP contribution in [-0.4, -0.2) is 36.3 Å². The quantitative estimate of drug-likeness (QED) is 0.309. The van der Waals surface area contributed by atoms with Crippen molar-refractivity contribution >= 4 is 40.7 Å². The average Bonchev–Trinajstić information content (AvgIpc) is 3.19. The molecule has 0 atom stereocenters. The van der Waals surface area contributed by atoms with Crippen LogP contribution in [0.2, 0.25) is 10.0 Å². The van der Waals surface area contributed by atoms with Gasteiger partial charge in [0.05, 0.1) is 22.0 Å². The van der Waals surface area contributed by atoms with Crippen LogP contribution in [0.3, 0.4) is 0 Å². The summed E-state index contributed by atoms with van der Waals surface area (Å²) in [5, 5.41) is 9.89. The Morgan fingerprint density at radius 2 is 1.83 bits per heavy atom. The van der Waals surface area contributed by atoms with Crippen molar-refractivity contribution in [2.75, 3.05) is 5.75 Å². The van der Waals surface area contributed by atoms with Crippen LogP contribution in [0.5, 0.6) is 0 Å². The number of hydrogen-bond acceptors (Lipinski definition) is 6. The summed E-state index contributed by atoms with van der Waals surface area (Å²) in [6.45, 7) is 0. The van der Waals surface area contributed by atoms with Gasteiger partial charge in [0.25, 0.3) is 0 Å². The zero-order valence-electron chi connectivity index (χ0n) is 14.9. The summed E-state index contributed by atoms with van der Waals surface area (Å²) in [4.78, 5) is 21.0. The van der Waals surface area contributed by atoms with Crippen molar-refractivity contribution in [3.8, 4) is 17.2 Å². The van der Waals surface area contributed by atoms with Gasteiger partial charge in [0, 0.05) is 23.6 Å². The molecule has 0 amide bonds. The Labute approximate surface area is 180 Å². The molecule has 0 N–H and O–H groups in total. The minimum absolute atomic E-state index is 0.0859. The number of carbonyl (C=O) groups is 1. The molecule has 144 valence electrons. The van der Waals surface area contributed by atoms with Gasteiger partial charge in [-0.15, -0.1) is 10.2 Å². The summed E-state index contributed by atoms with van der Waals surface area (Å²) in [5.41, 5.74) is 1.95. The fourth-order valence-corrected chi connectivity index (χ4v) is 3.78. The molecule has 2 heterocycles. The predicted molar refractivity (Wildman–Crippen MR) is 114 cm³/mol. The standard InChI is InChI=1S/C20H13Cl2N5OS/c21-15-7-6-13(10-16(15)22)18(28)12-29-20-26-25-19(17-11-23-8-9-24-17)27(20)14-4-2-1-3-5-14/h1-11H,12H2. The van der Waals surface area contributed by atoms with Crippen LogP contribution < -0.4 is 0 Å². The highest BCUT2D eigenvalue weighted by molar-refractivity contribution is 7.99. The first-order valence-corrected chi connectivity index (χ1v) is 10.3. The van der Waals surface area contributed by atoms with E-state index in [0.29, 0.717) is 32.3 Å². The maximum absolute atomic E-state index is 12.6. The zero-order chi connectivity index (χ0) is 20.2. The van der Waals surface area contributed by atoms with E-state index in [0.717, 1.165) is 5.69 Å². The summed E-state index contributed by atoms with van der Waals surface area (Å²) < 4.78 is 1.86. The van der Waals surface area contributed by atoms with E-state index >= 15 is 0 Å². The van der Waals surface area contributed by atoms with Crippen molar-refractivity contribution in [1.82, 2.24) is 24.7 Å². The molecule has 0 aliphatic carbocycles. The molecule has 0 aliphatic rings. The van der Waals surface area contributed by atoms with Crippen LogP contribution in [-0.2, 0) is 0 Å². The van der Waals surface area contributed by atoms with Crippen LogP contribution in [0.15, 0.2) is 72.3 Å².